The molecule has 0 unspecified atom stereocenters. The molecule has 0 fully saturated rings. The number of nitrogens with two attached hydrogens (primary N) is 1. The normalized spacial score (nSPS) is 10.5. The first-order chi connectivity index (χ1) is 8.97. The lowest BCUT2D eigenvalue weighted by Crippen LogP contribution is -2.10. The summed E-state index contributed by atoms with van der Waals surface area (Å²) in [6.45, 7) is 4.12. The van der Waals surface area contributed by atoms with Gasteiger partial charge in [-0.3, -0.25) is 5.41 Å². The van der Waals surface area contributed by atoms with Crippen molar-refractivity contribution >= 4 is 28.8 Å². The van der Waals surface area contributed by atoms with Crippen LogP contribution in [-0.4, -0.2) is 10.8 Å². The summed E-state index contributed by atoms with van der Waals surface area (Å²) in [5.41, 5.74) is 7.21. The maximum atomic E-state index is 7.43. The highest BCUT2D eigenvalue weighted by Gasteiger charge is 2.10. The second-order valence-electron chi connectivity index (χ2n) is 4.14. The van der Waals surface area contributed by atoms with Crippen LogP contribution >= 0.6 is 22.9 Å². The van der Waals surface area contributed by atoms with Crippen molar-refractivity contribution in [3.8, 4) is 5.75 Å². The molecule has 0 saturated heterocycles. The Morgan fingerprint density at radius 1 is 1.47 bits per heavy atom. The average Bonchev–Trinajstić information content (AvgIpc) is 2.72. The van der Waals surface area contributed by atoms with Crippen LogP contribution in [0.15, 0.2) is 18.2 Å². The van der Waals surface area contributed by atoms with Gasteiger partial charge in [-0.05, 0) is 37.6 Å². The Balaban J connectivity index is 2.08. The molecule has 2 rings (SSSR count). The molecule has 1 aromatic heterocycles. The number of amidine groups is 1. The molecule has 2 aromatic rings. The minimum Gasteiger partial charge on any atom is -0.486 e. The third kappa shape index (κ3) is 3.24. The van der Waals surface area contributed by atoms with Gasteiger partial charge in [0.25, 0.3) is 0 Å². The first kappa shape index (κ1) is 13.8. The fourth-order valence-corrected chi connectivity index (χ4v) is 2.57. The SMILES string of the molecule is Cc1cc(OCc2nc(C)c(C(=N)N)s2)ccc1Cl. The lowest BCUT2D eigenvalue weighted by Gasteiger charge is -2.05. The van der Waals surface area contributed by atoms with Crippen molar-refractivity contribution in [2.24, 2.45) is 5.73 Å². The predicted molar refractivity (Wildman–Crippen MR) is 78.4 cm³/mol. The summed E-state index contributed by atoms with van der Waals surface area (Å²) in [5.74, 6) is 0.794. The van der Waals surface area contributed by atoms with Gasteiger partial charge in [0.2, 0.25) is 0 Å². The average molecular weight is 296 g/mol. The lowest BCUT2D eigenvalue weighted by molar-refractivity contribution is 0.305. The zero-order valence-electron chi connectivity index (χ0n) is 10.7. The van der Waals surface area contributed by atoms with Gasteiger partial charge in [-0.2, -0.15) is 0 Å². The number of aryl methyl sites for hydroxylation is 2. The van der Waals surface area contributed by atoms with Crippen molar-refractivity contribution in [2.45, 2.75) is 20.5 Å². The molecule has 0 radical (unpaired) electrons. The van der Waals surface area contributed by atoms with Gasteiger partial charge in [0, 0.05) is 5.02 Å². The topological polar surface area (TPSA) is 72.0 Å². The van der Waals surface area contributed by atoms with Crippen LogP contribution in [0.4, 0.5) is 0 Å². The van der Waals surface area contributed by atoms with Gasteiger partial charge in [-0.15, -0.1) is 11.3 Å². The number of hydrogen-bond acceptors (Lipinski definition) is 4. The van der Waals surface area contributed by atoms with Crippen LogP contribution in [0, 0.1) is 19.3 Å². The van der Waals surface area contributed by atoms with E-state index in [0.29, 0.717) is 11.5 Å². The Morgan fingerprint density at radius 3 is 2.79 bits per heavy atom. The summed E-state index contributed by atoms with van der Waals surface area (Å²) in [6.07, 6.45) is 0. The zero-order valence-corrected chi connectivity index (χ0v) is 12.2. The fraction of sp³-hybridized carbons (Fsp3) is 0.231. The molecule has 0 aliphatic rings. The minimum absolute atomic E-state index is 0.0450. The van der Waals surface area contributed by atoms with Crippen LogP contribution in [0.2, 0.25) is 5.02 Å². The molecule has 6 heteroatoms. The van der Waals surface area contributed by atoms with Crippen molar-refractivity contribution in [3.05, 3.63) is 44.4 Å². The summed E-state index contributed by atoms with van der Waals surface area (Å²) in [4.78, 5) is 5.03. The van der Waals surface area contributed by atoms with Gasteiger partial charge in [0.1, 0.15) is 23.2 Å². The number of ether oxygens (including phenoxy) is 1. The molecular formula is C13H14ClN3OS. The number of nitrogens with one attached hydrogen (secondary N) is 1. The molecule has 4 nitrogen and oxygen atoms in total. The van der Waals surface area contributed by atoms with Crippen molar-refractivity contribution in [1.29, 1.82) is 5.41 Å². The molecule has 0 amide bonds. The third-order valence-corrected chi connectivity index (χ3v) is 4.17. The Labute approximate surface area is 120 Å². The van der Waals surface area contributed by atoms with E-state index < -0.39 is 0 Å². The van der Waals surface area contributed by atoms with E-state index in [2.05, 4.69) is 4.98 Å². The lowest BCUT2D eigenvalue weighted by atomic mass is 10.2. The number of rotatable bonds is 4. The largest absolute Gasteiger partial charge is 0.486 e. The second kappa shape index (κ2) is 5.59. The number of nitrogen functional groups attached to an aromatic ring is 1. The summed E-state index contributed by atoms with van der Waals surface area (Å²) >= 11 is 7.34. The van der Waals surface area contributed by atoms with Gasteiger partial charge in [0.05, 0.1) is 10.6 Å². The monoisotopic (exact) mass is 295 g/mol. The Bertz CT molecular complexity index is 624. The zero-order chi connectivity index (χ0) is 14.0. The first-order valence-corrected chi connectivity index (χ1v) is 6.86. The highest BCUT2D eigenvalue weighted by Crippen LogP contribution is 2.23. The summed E-state index contributed by atoms with van der Waals surface area (Å²) in [7, 11) is 0. The molecule has 0 spiro atoms. The van der Waals surface area contributed by atoms with E-state index in [0.717, 1.165) is 27.0 Å². The standard InChI is InChI=1S/C13H14ClN3OS/c1-7-5-9(3-4-10(7)14)18-6-11-17-8(2)12(19-11)13(15)16/h3-5H,6H2,1-2H3,(H3,15,16). The maximum Gasteiger partial charge on any atom is 0.140 e. The smallest absolute Gasteiger partial charge is 0.140 e. The number of benzene rings is 1. The third-order valence-electron chi connectivity index (χ3n) is 2.58. The van der Waals surface area contributed by atoms with Gasteiger partial charge in [-0.1, -0.05) is 11.6 Å². The summed E-state index contributed by atoms with van der Waals surface area (Å²) in [6, 6.07) is 5.51. The van der Waals surface area contributed by atoms with Crippen LogP contribution in [0.25, 0.3) is 0 Å². The van der Waals surface area contributed by atoms with E-state index in [1.165, 1.54) is 11.3 Å². The fourth-order valence-electron chi connectivity index (χ4n) is 1.62. The first-order valence-electron chi connectivity index (χ1n) is 5.67. The highest BCUT2D eigenvalue weighted by molar-refractivity contribution is 7.13. The van der Waals surface area contributed by atoms with Crippen LogP contribution in [0.3, 0.4) is 0 Å². The van der Waals surface area contributed by atoms with Crippen LogP contribution < -0.4 is 10.5 Å². The Morgan fingerprint density at radius 2 is 2.21 bits per heavy atom. The maximum absolute atomic E-state index is 7.43. The molecule has 1 heterocycles. The molecule has 100 valence electrons. The molecule has 1 aromatic carbocycles. The molecule has 0 aliphatic heterocycles. The summed E-state index contributed by atoms with van der Waals surface area (Å²) < 4.78 is 5.65. The van der Waals surface area contributed by atoms with Crippen molar-refractivity contribution in [3.63, 3.8) is 0 Å². The number of nitrogens with zero attached hydrogens (tertiary/aromatic N) is 1. The molecule has 0 aliphatic carbocycles. The number of hydrogen-bond donors (Lipinski definition) is 2. The Kier molecular flexibility index (Phi) is 4.07. The highest BCUT2D eigenvalue weighted by atomic mass is 35.5. The van der Waals surface area contributed by atoms with Crippen LogP contribution in [-0.2, 0) is 6.61 Å². The number of halogens is 1. The Hall–Kier alpha value is -1.59. The summed E-state index contributed by atoms with van der Waals surface area (Å²) in [5, 5.41) is 8.95. The van der Waals surface area contributed by atoms with E-state index in [9.17, 15) is 0 Å². The van der Waals surface area contributed by atoms with E-state index in [1.54, 1.807) is 6.07 Å². The minimum atomic E-state index is 0.0450. The van der Waals surface area contributed by atoms with E-state index in [4.69, 9.17) is 27.5 Å². The van der Waals surface area contributed by atoms with Crippen molar-refractivity contribution < 1.29 is 4.74 Å². The molecule has 0 atom stereocenters. The van der Waals surface area contributed by atoms with E-state index >= 15 is 0 Å². The predicted octanol–water partition coefficient (Wildman–Crippen LogP) is 3.28. The quantitative estimate of drug-likeness (QED) is 0.671. The second-order valence-corrected chi connectivity index (χ2v) is 5.63. The van der Waals surface area contributed by atoms with E-state index in [1.807, 2.05) is 26.0 Å². The molecule has 19 heavy (non-hydrogen) atoms. The van der Waals surface area contributed by atoms with Crippen molar-refractivity contribution in [1.82, 2.24) is 4.98 Å². The van der Waals surface area contributed by atoms with Gasteiger partial charge in [0.15, 0.2) is 0 Å². The van der Waals surface area contributed by atoms with E-state index in [-0.39, 0.29) is 5.84 Å². The molecular weight excluding hydrogens is 282 g/mol. The van der Waals surface area contributed by atoms with Gasteiger partial charge >= 0.3 is 0 Å². The molecule has 3 N–H and O–H groups in total. The number of aromatic nitrogens is 1. The van der Waals surface area contributed by atoms with Crippen LogP contribution in [0.1, 0.15) is 21.1 Å². The van der Waals surface area contributed by atoms with Crippen LogP contribution in [0.5, 0.6) is 5.75 Å². The van der Waals surface area contributed by atoms with Crippen molar-refractivity contribution in [2.75, 3.05) is 0 Å². The van der Waals surface area contributed by atoms with Gasteiger partial charge < -0.3 is 10.5 Å². The number of thiazole rings is 1. The molecule has 0 saturated carbocycles. The molecule has 0 bridgehead atoms. The van der Waals surface area contributed by atoms with Gasteiger partial charge in [-0.25, -0.2) is 4.98 Å².